The van der Waals surface area contributed by atoms with Gasteiger partial charge in [0.15, 0.2) is 17.7 Å². The van der Waals surface area contributed by atoms with Crippen molar-refractivity contribution in [2.45, 2.75) is 135 Å². The first-order chi connectivity index (χ1) is 27.4. The number of ketones is 2. The zero-order chi connectivity index (χ0) is 42.7. The third-order valence-corrected chi connectivity index (χ3v) is 12.5. The van der Waals surface area contributed by atoms with Gasteiger partial charge in [-0.3, -0.25) is 24.3 Å². The van der Waals surface area contributed by atoms with Gasteiger partial charge in [-0.15, -0.1) is 0 Å². The predicted octanol–water partition coefficient (Wildman–Crippen LogP) is 4.12. The molecule has 0 aliphatic carbocycles. The van der Waals surface area contributed by atoms with Crippen LogP contribution in [0.25, 0.3) is 11.3 Å². The molecule has 0 bridgehead atoms. The molecule has 5 rings (SSSR count). The standard InChI is InChI=1S/C42H63N5O11/c1-12-32-42(8)36(47(40(52)58-42)23-54-17-16-46-21-30(44-22-46)29-14-13-15-43-20-29)26(4)33(48)24(2)19-41(7,53-11)37(27(5)34(49)28(6)38(51)56-32)57-39-35(50)31(45(9)10)18-25(3)55-39/h13-15,20-22,24-28,31-32,35-37,39,50H,12,16-19,23H2,1-11H3/t24-,25+,26+,27+,28-,31-,32-,35+,36-,37-,39-,41-,42-/m1/s1. The Morgan fingerprint density at radius 2 is 1.78 bits per heavy atom. The number of aliphatic hydroxyl groups excluding tert-OH is 1. The average molecular weight is 814 g/mol. The van der Waals surface area contributed by atoms with Crippen molar-refractivity contribution in [1.82, 2.24) is 24.3 Å². The number of aliphatic hydroxyl groups is 1. The van der Waals surface area contributed by atoms with E-state index in [-0.39, 0.29) is 44.1 Å². The van der Waals surface area contributed by atoms with Crippen LogP contribution >= 0.6 is 0 Å². The van der Waals surface area contributed by atoms with Crippen molar-refractivity contribution in [2.24, 2.45) is 23.7 Å². The van der Waals surface area contributed by atoms with E-state index in [0.29, 0.717) is 13.0 Å². The van der Waals surface area contributed by atoms with Gasteiger partial charge in [-0.1, -0.05) is 27.7 Å². The first kappa shape index (κ1) is 45.3. The van der Waals surface area contributed by atoms with Gasteiger partial charge < -0.3 is 43.0 Å². The van der Waals surface area contributed by atoms with Gasteiger partial charge in [0.25, 0.3) is 0 Å². The number of rotatable bonds is 11. The van der Waals surface area contributed by atoms with E-state index in [1.165, 1.54) is 18.9 Å². The van der Waals surface area contributed by atoms with Gasteiger partial charge in [0.2, 0.25) is 0 Å². The second-order valence-electron chi connectivity index (χ2n) is 16.9. The van der Waals surface area contributed by atoms with Crippen molar-refractivity contribution in [1.29, 1.82) is 0 Å². The number of pyridine rings is 1. The van der Waals surface area contributed by atoms with Crippen molar-refractivity contribution in [2.75, 3.05) is 34.5 Å². The van der Waals surface area contributed by atoms with Crippen molar-refractivity contribution < 1.29 is 52.7 Å². The fourth-order valence-corrected chi connectivity index (χ4v) is 9.09. The number of cyclic esters (lactones) is 1. The lowest BCUT2D eigenvalue weighted by molar-refractivity contribution is -0.295. The van der Waals surface area contributed by atoms with E-state index in [0.717, 1.165) is 11.3 Å². The molecule has 5 heterocycles. The summed E-state index contributed by atoms with van der Waals surface area (Å²) in [6.45, 7) is 14.2. The number of hydrogen-bond donors (Lipinski definition) is 1. The Labute approximate surface area is 341 Å². The number of ether oxygens (including phenoxy) is 6. The molecule has 3 fully saturated rings. The number of nitrogens with zero attached hydrogens (tertiary/aromatic N) is 5. The van der Waals surface area contributed by atoms with E-state index < -0.39 is 83.4 Å². The van der Waals surface area contributed by atoms with Crippen LogP contribution in [0, 0.1) is 23.7 Å². The number of methoxy groups -OCH3 is 1. The molecule has 58 heavy (non-hydrogen) atoms. The summed E-state index contributed by atoms with van der Waals surface area (Å²) in [7, 11) is 5.21. The maximum absolute atomic E-state index is 14.7. The van der Waals surface area contributed by atoms with Crippen LogP contribution in [0.15, 0.2) is 37.1 Å². The van der Waals surface area contributed by atoms with Crippen molar-refractivity contribution in [3.05, 3.63) is 37.1 Å². The fraction of sp³-hybridized carbons (Fsp3) is 0.714. The molecular formula is C42H63N5O11. The number of hydrogen-bond acceptors (Lipinski definition) is 14. The van der Waals surface area contributed by atoms with Gasteiger partial charge in [-0.25, -0.2) is 9.78 Å². The highest BCUT2D eigenvalue weighted by molar-refractivity contribution is 6.00. The Morgan fingerprint density at radius 3 is 2.41 bits per heavy atom. The van der Waals surface area contributed by atoms with Crippen LogP contribution in [0.5, 0.6) is 0 Å². The van der Waals surface area contributed by atoms with Gasteiger partial charge in [0, 0.05) is 61.6 Å². The van der Waals surface area contributed by atoms with Crippen LogP contribution in [0.4, 0.5) is 4.79 Å². The van der Waals surface area contributed by atoms with E-state index in [9.17, 15) is 24.3 Å². The number of likely N-dealkylation sites (N-methyl/N-ethyl adjacent to an activating group) is 1. The van der Waals surface area contributed by atoms with E-state index in [1.807, 2.05) is 48.8 Å². The topological polar surface area (TPSA) is 181 Å². The summed E-state index contributed by atoms with van der Waals surface area (Å²) in [4.78, 5) is 68.6. The highest BCUT2D eigenvalue weighted by Gasteiger charge is 2.60. The Hall–Kier alpha value is -3.80. The van der Waals surface area contributed by atoms with Crippen LogP contribution in [-0.2, 0) is 49.3 Å². The van der Waals surface area contributed by atoms with Crippen LogP contribution < -0.4 is 0 Å². The smallest absolute Gasteiger partial charge is 0.412 e. The number of Topliss-reactive ketones (excluding diaryl/α,β-unsaturated/α-hetero) is 2. The van der Waals surface area contributed by atoms with Gasteiger partial charge >= 0.3 is 12.1 Å². The minimum atomic E-state index is -1.48. The van der Waals surface area contributed by atoms with Crippen LogP contribution in [-0.4, -0.2) is 142 Å². The molecule has 13 atom stereocenters. The molecule has 2 aromatic rings. The van der Waals surface area contributed by atoms with Gasteiger partial charge in [0.05, 0.1) is 42.5 Å². The molecule has 3 aliphatic heterocycles. The Balaban J connectivity index is 1.43. The molecule has 0 aromatic carbocycles. The van der Waals surface area contributed by atoms with E-state index in [1.54, 1.807) is 60.3 Å². The molecule has 0 unspecified atom stereocenters. The lowest BCUT2D eigenvalue weighted by Gasteiger charge is -2.47. The minimum absolute atomic E-state index is 0.0984. The number of carbonyl (C=O) groups excluding carboxylic acids is 4. The highest BCUT2D eigenvalue weighted by atomic mass is 16.7. The van der Waals surface area contributed by atoms with Crippen molar-refractivity contribution >= 4 is 23.6 Å². The largest absolute Gasteiger partial charge is 0.458 e. The van der Waals surface area contributed by atoms with Crippen LogP contribution in [0.1, 0.15) is 74.7 Å². The van der Waals surface area contributed by atoms with Crippen molar-refractivity contribution in [3.63, 3.8) is 0 Å². The SMILES string of the molecule is CC[C@H]1OC(=O)[C@H](C)C(=O)[C@H](C)[C@@H](O[C@H]2O[C@@H](C)C[C@@H](N(C)C)[C@@H]2O)[C@](C)(OC)C[C@@H](C)C(=O)[C@H](C)[C@H]2N(COCCn3cnc(-c4cccnc4)c3)C(=O)O[C@]12C. The van der Waals surface area contributed by atoms with Crippen LogP contribution in [0.3, 0.4) is 0 Å². The van der Waals surface area contributed by atoms with Gasteiger partial charge in [-0.05, 0) is 73.2 Å². The molecule has 1 amide bonds. The molecule has 3 aliphatic rings. The average Bonchev–Trinajstić information content (AvgIpc) is 3.78. The summed E-state index contributed by atoms with van der Waals surface area (Å²) in [6, 6.07) is 2.55. The highest BCUT2D eigenvalue weighted by Crippen LogP contribution is 2.43. The Morgan fingerprint density at radius 1 is 1.05 bits per heavy atom. The molecule has 16 heteroatoms. The molecule has 3 saturated heterocycles. The summed E-state index contributed by atoms with van der Waals surface area (Å²) in [5.74, 6) is -5.22. The van der Waals surface area contributed by atoms with Crippen molar-refractivity contribution in [3.8, 4) is 11.3 Å². The lowest BCUT2D eigenvalue weighted by atomic mass is 9.73. The molecule has 2 aromatic heterocycles. The molecule has 0 spiro atoms. The lowest BCUT2D eigenvalue weighted by Crippen LogP contribution is -2.60. The summed E-state index contributed by atoms with van der Waals surface area (Å²) in [5, 5.41) is 11.4. The third kappa shape index (κ3) is 9.32. The van der Waals surface area contributed by atoms with Crippen LogP contribution in [0.2, 0.25) is 0 Å². The summed E-state index contributed by atoms with van der Waals surface area (Å²) < 4.78 is 39.0. The molecular weight excluding hydrogens is 750 g/mol. The van der Waals surface area contributed by atoms with E-state index >= 15 is 0 Å². The number of aromatic nitrogens is 3. The number of amides is 1. The Bertz CT molecular complexity index is 1740. The zero-order valence-electron chi connectivity index (χ0n) is 35.8. The first-order valence-electron chi connectivity index (χ1n) is 20.3. The zero-order valence-corrected chi connectivity index (χ0v) is 35.8. The quantitative estimate of drug-likeness (QED) is 0.194. The molecule has 0 radical (unpaired) electrons. The summed E-state index contributed by atoms with van der Waals surface area (Å²) in [6.07, 6.45) is 2.62. The molecule has 0 saturated carbocycles. The summed E-state index contributed by atoms with van der Waals surface area (Å²) in [5.41, 5.74) is -1.14. The number of imidazole rings is 1. The maximum atomic E-state index is 14.7. The third-order valence-electron chi connectivity index (χ3n) is 12.5. The number of esters is 1. The predicted molar refractivity (Wildman–Crippen MR) is 211 cm³/mol. The normalized spacial score (nSPS) is 36.7. The van der Waals surface area contributed by atoms with Gasteiger partial charge in [0.1, 0.15) is 30.6 Å². The van der Waals surface area contributed by atoms with E-state index in [2.05, 4.69) is 9.97 Å². The minimum Gasteiger partial charge on any atom is -0.458 e. The second kappa shape index (κ2) is 18.6. The maximum Gasteiger partial charge on any atom is 0.412 e. The Kier molecular flexibility index (Phi) is 14.6. The first-order valence-corrected chi connectivity index (χ1v) is 20.3. The fourth-order valence-electron chi connectivity index (χ4n) is 9.09. The monoisotopic (exact) mass is 813 g/mol. The summed E-state index contributed by atoms with van der Waals surface area (Å²) >= 11 is 0. The second-order valence-corrected chi connectivity index (χ2v) is 16.9. The molecule has 322 valence electrons. The van der Waals surface area contributed by atoms with E-state index in [4.69, 9.17) is 28.4 Å². The molecule has 1 N–H and O–H groups in total. The number of fused-ring (bicyclic) bond motifs is 1. The molecule has 16 nitrogen and oxygen atoms in total. The van der Waals surface area contributed by atoms with Gasteiger partial charge in [-0.2, -0.15) is 0 Å². The number of carbonyl (C=O) groups is 4.